The van der Waals surface area contributed by atoms with Gasteiger partial charge in [0.05, 0.1) is 17.5 Å². The minimum Gasteiger partial charge on any atom is -0.476 e. The molecule has 0 radical (unpaired) electrons. The first kappa shape index (κ1) is 12.1. The van der Waals surface area contributed by atoms with Gasteiger partial charge in [-0.15, -0.1) is 0 Å². The third kappa shape index (κ3) is 2.33. The SMILES string of the molecule is CCc1cc(C(=O)O)nn1[C@H]1CCS(=O)(=O)C1. The summed E-state index contributed by atoms with van der Waals surface area (Å²) in [6.45, 7) is 1.89. The van der Waals surface area contributed by atoms with E-state index in [0.717, 1.165) is 5.69 Å². The van der Waals surface area contributed by atoms with E-state index in [0.29, 0.717) is 12.8 Å². The Morgan fingerprint density at radius 1 is 1.65 bits per heavy atom. The maximum absolute atomic E-state index is 11.4. The van der Waals surface area contributed by atoms with Crippen LogP contribution in [0.15, 0.2) is 6.07 Å². The first-order valence-electron chi connectivity index (χ1n) is 5.45. The van der Waals surface area contributed by atoms with Crippen molar-refractivity contribution in [2.24, 2.45) is 0 Å². The van der Waals surface area contributed by atoms with E-state index < -0.39 is 15.8 Å². The number of aromatic carboxylic acids is 1. The molecule has 6 nitrogen and oxygen atoms in total. The topological polar surface area (TPSA) is 89.3 Å². The molecule has 2 heterocycles. The molecule has 0 spiro atoms. The second kappa shape index (κ2) is 4.14. The number of hydrogen-bond donors (Lipinski definition) is 1. The predicted molar refractivity (Wildman–Crippen MR) is 60.9 cm³/mol. The molecule has 17 heavy (non-hydrogen) atoms. The molecule has 1 fully saturated rings. The summed E-state index contributed by atoms with van der Waals surface area (Å²) in [5.74, 6) is -0.872. The summed E-state index contributed by atoms with van der Waals surface area (Å²) in [5, 5.41) is 12.9. The predicted octanol–water partition coefficient (Wildman–Crippen LogP) is 0.503. The zero-order valence-electron chi connectivity index (χ0n) is 9.46. The molecule has 0 aromatic carbocycles. The third-order valence-corrected chi connectivity index (χ3v) is 4.70. The van der Waals surface area contributed by atoms with Crippen molar-refractivity contribution in [1.82, 2.24) is 9.78 Å². The number of sulfone groups is 1. The van der Waals surface area contributed by atoms with E-state index in [4.69, 9.17) is 5.11 Å². The maximum Gasteiger partial charge on any atom is 0.356 e. The van der Waals surface area contributed by atoms with E-state index >= 15 is 0 Å². The van der Waals surface area contributed by atoms with Gasteiger partial charge in [-0.2, -0.15) is 5.10 Å². The van der Waals surface area contributed by atoms with Gasteiger partial charge in [0.2, 0.25) is 0 Å². The van der Waals surface area contributed by atoms with E-state index in [9.17, 15) is 13.2 Å². The van der Waals surface area contributed by atoms with Crippen LogP contribution in [0, 0.1) is 0 Å². The number of carboxylic acid groups (broad SMARTS) is 1. The minimum absolute atomic E-state index is 0.0221. The van der Waals surface area contributed by atoms with Gasteiger partial charge in [0.1, 0.15) is 0 Å². The molecule has 0 amide bonds. The molecule has 1 aliphatic rings. The fourth-order valence-corrected chi connectivity index (χ4v) is 3.78. The Kier molecular flexibility index (Phi) is 2.94. The maximum atomic E-state index is 11.4. The number of hydrogen-bond acceptors (Lipinski definition) is 4. The van der Waals surface area contributed by atoms with E-state index in [1.54, 1.807) is 4.68 Å². The fourth-order valence-electron chi connectivity index (χ4n) is 2.09. The fraction of sp³-hybridized carbons (Fsp3) is 0.600. The summed E-state index contributed by atoms with van der Waals surface area (Å²) in [5.41, 5.74) is 0.746. The Bertz CT molecular complexity index is 547. The molecule has 1 aliphatic heterocycles. The molecular weight excluding hydrogens is 244 g/mol. The van der Waals surface area contributed by atoms with Gasteiger partial charge in [0.15, 0.2) is 15.5 Å². The van der Waals surface area contributed by atoms with Gasteiger partial charge in [0, 0.05) is 5.69 Å². The first-order valence-corrected chi connectivity index (χ1v) is 7.27. The van der Waals surface area contributed by atoms with Crippen molar-refractivity contribution in [3.63, 3.8) is 0 Å². The summed E-state index contributed by atoms with van der Waals surface area (Å²) in [4.78, 5) is 10.8. The standard InChI is InChI=1S/C10H14N2O4S/c1-2-7-5-9(10(13)14)11-12(7)8-3-4-17(15,16)6-8/h5,8H,2-4,6H2,1H3,(H,13,14)/t8-/m0/s1. The van der Waals surface area contributed by atoms with Crippen LogP contribution in [-0.4, -0.2) is 40.8 Å². The number of carboxylic acids is 1. The highest BCUT2D eigenvalue weighted by atomic mass is 32.2. The lowest BCUT2D eigenvalue weighted by atomic mass is 10.2. The zero-order chi connectivity index (χ0) is 12.6. The van der Waals surface area contributed by atoms with Crippen LogP contribution in [0.5, 0.6) is 0 Å². The minimum atomic E-state index is -2.99. The van der Waals surface area contributed by atoms with Gasteiger partial charge in [0.25, 0.3) is 0 Å². The molecule has 0 bridgehead atoms. The quantitative estimate of drug-likeness (QED) is 0.853. The van der Waals surface area contributed by atoms with Crippen molar-refractivity contribution in [3.05, 3.63) is 17.5 Å². The molecule has 94 valence electrons. The number of rotatable bonds is 3. The molecule has 0 saturated carbocycles. The summed E-state index contributed by atoms with van der Waals surface area (Å²) >= 11 is 0. The largest absolute Gasteiger partial charge is 0.476 e. The molecule has 1 saturated heterocycles. The lowest BCUT2D eigenvalue weighted by molar-refractivity contribution is 0.0689. The Morgan fingerprint density at radius 3 is 2.82 bits per heavy atom. The third-order valence-electron chi connectivity index (χ3n) is 2.95. The zero-order valence-corrected chi connectivity index (χ0v) is 10.3. The summed E-state index contributed by atoms with van der Waals surface area (Å²) in [7, 11) is -2.99. The highest BCUT2D eigenvalue weighted by molar-refractivity contribution is 7.91. The average molecular weight is 258 g/mol. The van der Waals surface area contributed by atoms with Crippen LogP contribution >= 0.6 is 0 Å². The Labute approximate surface area is 99.2 Å². The van der Waals surface area contributed by atoms with Gasteiger partial charge in [-0.3, -0.25) is 4.68 Å². The number of nitrogens with zero attached hydrogens (tertiary/aromatic N) is 2. The van der Waals surface area contributed by atoms with Crippen LogP contribution in [0.25, 0.3) is 0 Å². The van der Waals surface area contributed by atoms with E-state index in [1.165, 1.54) is 6.07 Å². The monoisotopic (exact) mass is 258 g/mol. The smallest absolute Gasteiger partial charge is 0.356 e. The molecule has 1 aromatic heterocycles. The summed E-state index contributed by atoms with van der Waals surface area (Å²) in [6, 6.07) is 1.29. The second-order valence-corrected chi connectivity index (χ2v) is 6.41. The van der Waals surface area contributed by atoms with E-state index in [-0.39, 0.29) is 23.2 Å². The van der Waals surface area contributed by atoms with Crippen molar-refractivity contribution in [2.45, 2.75) is 25.8 Å². The second-order valence-electron chi connectivity index (χ2n) is 4.18. The molecule has 0 aliphatic carbocycles. The number of carbonyl (C=O) groups is 1. The summed E-state index contributed by atoms with van der Waals surface area (Å²) < 4.78 is 24.4. The van der Waals surface area contributed by atoms with Gasteiger partial charge >= 0.3 is 5.97 Å². The number of aryl methyl sites for hydroxylation is 1. The van der Waals surface area contributed by atoms with Crippen LogP contribution in [0.1, 0.15) is 35.6 Å². The van der Waals surface area contributed by atoms with Crippen LogP contribution in [0.4, 0.5) is 0 Å². The van der Waals surface area contributed by atoms with E-state index in [1.807, 2.05) is 6.92 Å². The molecule has 2 rings (SSSR count). The lowest BCUT2D eigenvalue weighted by Crippen LogP contribution is -2.15. The Hall–Kier alpha value is -1.37. The highest BCUT2D eigenvalue weighted by Crippen LogP contribution is 2.25. The van der Waals surface area contributed by atoms with Crippen molar-refractivity contribution >= 4 is 15.8 Å². The van der Waals surface area contributed by atoms with Gasteiger partial charge in [-0.25, -0.2) is 13.2 Å². The van der Waals surface area contributed by atoms with Crippen molar-refractivity contribution in [2.75, 3.05) is 11.5 Å². The van der Waals surface area contributed by atoms with E-state index in [2.05, 4.69) is 5.10 Å². The lowest BCUT2D eigenvalue weighted by Gasteiger charge is -2.11. The molecule has 1 N–H and O–H groups in total. The molecule has 1 atom stereocenters. The first-order chi connectivity index (χ1) is 7.93. The van der Waals surface area contributed by atoms with Crippen LogP contribution < -0.4 is 0 Å². The van der Waals surface area contributed by atoms with Gasteiger partial charge < -0.3 is 5.11 Å². The summed E-state index contributed by atoms with van der Waals surface area (Å²) in [6.07, 6.45) is 1.15. The molecule has 0 unspecified atom stereocenters. The average Bonchev–Trinajstić information content (AvgIpc) is 2.80. The van der Waals surface area contributed by atoms with Gasteiger partial charge in [-0.05, 0) is 18.9 Å². The molecular formula is C10H14N2O4S. The number of aromatic nitrogens is 2. The van der Waals surface area contributed by atoms with Crippen molar-refractivity contribution in [1.29, 1.82) is 0 Å². The highest BCUT2D eigenvalue weighted by Gasteiger charge is 2.31. The molecule has 7 heteroatoms. The van der Waals surface area contributed by atoms with Crippen LogP contribution in [-0.2, 0) is 16.3 Å². The normalized spacial score (nSPS) is 22.8. The van der Waals surface area contributed by atoms with Gasteiger partial charge in [-0.1, -0.05) is 6.92 Å². The van der Waals surface area contributed by atoms with Crippen LogP contribution in [0.3, 0.4) is 0 Å². The Morgan fingerprint density at radius 2 is 2.35 bits per heavy atom. The Balaban J connectivity index is 2.35. The van der Waals surface area contributed by atoms with Crippen LogP contribution in [0.2, 0.25) is 0 Å². The molecule has 1 aromatic rings. The van der Waals surface area contributed by atoms with Crippen molar-refractivity contribution in [3.8, 4) is 0 Å². The van der Waals surface area contributed by atoms with Crippen molar-refractivity contribution < 1.29 is 18.3 Å².